The molecule has 0 aromatic heterocycles. The van der Waals surface area contributed by atoms with Crippen LogP contribution in [0.2, 0.25) is 0 Å². The Morgan fingerprint density at radius 3 is 2.45 bits per heavy atom. The molecule has 1 aromatic rings. The van der Waals surface area contributed by atoms with Crippen molar-refractivity contribution in [1.82, 2.24) is 4.90 Å². The summed E-state index contributed by atoms with van der Waals surface area (Å²) in [4.78, 5) is 5.89. The van der Waals surface area contributed by atoms with Crippen molar-refractivity contribution in [3.63, 3.8) is 0 Å². The van der Waals surface area contributed by atoms with Crippen LogP contribution in [0.3, 0.4) is 0 Å². The van der Waals surface area contributed by atoms with E-state index < -0.39 is 17.3 Å². The van der Waals surface area contributed by atoms with Crippen LogP contribution in [0.1, 0.15) is 31.9 Å². The molecule has 0 fully saturated rings. The van der Waals surface area contributed by atoms with E-state index in [4.69, 9.17) is 5.73 Å². The largest absolute Gasteiger partial charge is 0.416 e. The van der Waals surface area contributed by atoms with Gasteiger partial charge in [0.1, 0.15) is 0 Å². The Morgan fingerprint density at radius 1 is 1.30 bits per heavy atom. The van der Waals surface area contributed by atoms with Gasteiger partial charge in [-0.2, -0.15) is 13.2 Å². The Bertz CT molecular complexity index is 537. The van der Waals surface area contributed by atoms with Gasteiger partial charge in [-0.05, 0) is 32.4 Å². The van der Waals surface area contributed by atoms with Crippen molar-refractivity contribution in [1.29, 1.82) is 0 Å². The highest BCUT2D eigenvalue weighted by molar-refractivity contribution is 5.81. The third-order valence-corrected chi connectivity index (χ3v) is 3.66. The van der Waals surface area contributed by atoms with E-state index in [0.717, 1.165) is 6.07 Å². The monoisotopic (exact) mass is 285 g/mol. The van der Waals surface area contributed by atoms with Gasteiger partial charge >= 0.3 is 6.18 Å². The zero-order valence-electron chi connectivity index (χ0n) is 11.7. The molecule has 0 saturated carbocycles. The third-order valence-electron chi connectivity index (χ3n) is 3.66. The Kier molecular flexibility index (Phi) is 3.44. The quantitative estimate of drug-likeness (QED) is 0.907. The summed E-state index contributed by atoms with van der Waals surface area (Å²) in [6.07, 6.45) is -4.39. The average molecular weight is 285 g/mol. The Labute approximate surface area is 116 Å². The van der Waals surface area contributed by atoms with Crippen LogP contribution in [-0.2, 0) is 11.7 Å². The summed E-state index contributed by atoms with van der Waals surface area (Å²) in [5, 5.41) is 0. The molecule has 3 nitrogen and oxygen atoms in total. The van der Waals surface area contributed by atoms with Crippen LogP contribution in [0.15, 0.2) is 29.3 Å². The molecule has 2 N–H and O–H groups in total. The van der Waals surface area contributed by atoms with E-state index in [1.54, 1.807) is 17.9 Å². The minimum absolute atomic E-state index is 0.0347. The normalized spacial score (nSPS) is 23.4. The van der Waals surface area contributed by atoms with Gasteiger partial charge in [-0.15, -0.1) is 0 Å². The van der Waals surface area contributed by atoms with Gasteiger partial charge in [0.25, 0.3) is 0 Å². The number of rotatable bonds is 2. The first-order valence-corrected chi connectivity index (χ1v) is 6.44. The van der Waals surface area contributed by atoms with Crippen LogP contribution in [0.4, 0.5) is 13.2 Å². The fraction of sp³-hybridized carbons (Fsp3) is 0.500. The Morgan fingerprint density at radius 2 is 1.90 bits per heavy atom. The molecule has 0 saturated heterocycles. The smallest absolute Gasteiger partial charge is 0.370 e. The number of aliphatic imine (C=N–C) groups is 1. The first-order chi connectivity index (χ1) is 9.18. The standard InChI is InChI=1S/C14H18F3N3/c1-9(2)20-12(18)19-8-13(20,3)10-6-4-5-7-11(10)14(15,16)17/h4-7,9H,8H2,1-3H3,(H2,18,19). The van der Waals surface area contributed by atoms with E-state index in [1.807, 2.05) is 13.8 Å². The lowest BCUT2D eigenvalue weighted by molar-refractivity contribution is -0.139. The second-order valence-corrected chi connectivity index (χ2v) is 5.46. The van der Waals surface area contributed by atoms with E-state index in [0.29, 0.717) is 5.96 Å². The lowest BCUT2D eigenvalue weighted by atomic mass is 9.86. The van der Waals surface area contributed by atoms with E-state index in [1.165, 1.54) is 12.1 Å². The number of hydrogen-bond acceptors (Lipinski definition) is 3. The summed E-state index contributed by atoms with van der Waals surface area (Å²) in [6.45, 7) is 5.76. The highest BCUT2D eigenvalue weighted by Gasteiger charge is 2.46. The fourth-order valence-corrected chi connectivity index (χ4v) is 2.89. The molecule has 1 aliphatic rings. The van der Waals surface area contributed by atoms with Crippen LogP contribution in [-0.4, -0.2) is 23.4 Å². The first-order valence-electron chi connectivity index (χ1n) is 6.44. The molecule has 1 unspecified atom stereocenters. The minimum atomic E-state index is -4.39. The second kappa shape index (κ2) is 4.68. The van der Waals surface area contributed by atoms with E-state index in [9.17, 15) is 13.2 Å². The molecule has 2 rings (SSSR count). The van der Waals surface area contributed by atoms with Crippen LogP contribution in [0, 0.1) is 0 Å². The summed E-state index contributed by atoms with van der Waals surface area (Å²) >= 11 is 0. The van der Waals surface area contributed by atoms with Crippen molar-refractivity contribution in [3.8, 4) is 0 Å². The molecule has 1 aliphatic heterocycles. The molecule has 20 heavy (non-hydrogen) atoms. The van der Waals surface area contributed by atoms with Gasteiger partial charge in [0, 0.05) is 6.04 Å². The highest BCUT2D eigenvalue weighted by atomic mass is 19.4. The van der Waals surface area contributed by atoms with Crippen molar-refractivity contribution in [2.45, 2.75) is 38.5 Å². The molecular weight excluding hydrogens is 267 g/mol. The zero-order valence-corrected chi connectivity index (χ0v) is 11.7. The SMILES string of the molecule is CC(C)N1C(N)=NCC1(C)c1ccccc1C(F)(F)F. The maximum Gasteiger partial charge on any atom is 0.416 e. The summed E-state index contributed by atoms with van der Waals surface area (Å²) < 4.78 is 39.6. The van der Waals surface area contributed by atoms with Crippen molar-refractivity contribution in [2.75, 3.05) is 6.54 Å². The molecule has 110 valence electrons. The van der Waals surface area contributed by atoms with Gasteiger partial charge in [-0.3, -0.25) is 4.99 Å². The van der Waals surface area contributed by atoms with Gasteiger partial charge in [0.15, 0.2) is 5.96 Å². The molecule has 1 atom stereocenters. The summed E-state index contributed by atoms with van der Waals surface area (Å²) in [6, 6.07) is 5.59. The molecule has 0 amide bonds. The maximum absolute atomic E-state index is 13.2. The van der Waals surface area contributed by atoms with Gasteiger partial charge < -0.3 is 10.6 Å². The number of guanidine groups is 1. The Hall–Kier alpha value is -1.72. The van der Waals surface area contributed by atoms with Crippen molar-refractivity contribution in [2.24, 2.45) is 10.7 Å². The summed E-state index contributed by atoms with van der Waals surface area (Å²) in [5.41, 5.74) is 4.56. The first kappa shape index (κ1) is 14.7. The van der Waals surface area contributed by atoms with Crippen LogP contribution in [0.25, 0.3) is 0 Å². The molecule has 0 spiro atoms. The number of alkyl halides is 3. The van der Waals surface area contributed by atoms with E-state index in [-0.39, 0.29) is 18.2 Å². The lowest BCUT2D eigenvalue weighted by Crippen LogP contribution is -2.51. The number of nitrogens with zero attached hydrogens (tertiary/aromatic N) is 2. The molecule has 1 aromatic carbocycles. The Balaban J connectivity index is 2.57. The fourth-order valence-electron chi connectivity index (χ4n) is 2.89. The molecule has 1 heterocycles. The predicted molar refractivity (Wildman–Crippen MR) is 72.3 cm³/mol. The number of nitrogens with two attached hydrogens (primary N) is 1. The predicted octanol–water partition coefficient (Wildman–Crippen LogP) is 2.96. The van der Waals surface area contributed by atoms with Crippen LogP contribution < -0.4 is 5.73 Å². The minimum Gasteiger partial charge on any atom is -0.370 e. The highest BCUT2D eigenvalue weighted by Crippen LogP contribution is 2.41. The molecule has 0 radical (unpaired) electrons. The zero-order chi connectivity index (χ0) is 15.1. The van der Waals surface area contributed by atoms with Gasteiger partial charge in [-0.25, -0.2) is 0 Å². The second-order valence-electron chi connectivity index (χ2n) is 5.46. The third kappa shape index (κ3) is 2.23. The van der Waals surface area contributed by atoms with Gasteiger partial charge in [-0.1, -0.05) is 18.2 Å². The molecule has 0 bridgehead atoms. The van der Waals surface area contributed by atoms with Crippen molar-refractivity contribution < 1.29 is 13.2 Å². The molecule has 0 aliphatic carbocycles. The number of halogens is 3. The van der Waals surface area contributed by atoms with E-state index in [2.05, 4.69) is 4.99 Å². The van der Waals surface area contributed by atoms with Crippen molar-refractivity contribution in [3.05, 3.63) is 35.4 Å². The molecule has 6 heteroatoms. The van der Waals surface area contributed by atoms with Crippen LogP contribution >= 0.6 is 0 Å². The average Bonchev–Trinajstić information content (AvgIpc) is 2.65. The number of benzene rings is 1. The maximum atomic E-state index is 13.2. The molecular formula is C14H18F3N3. The summed E-state index contributed by atoms with van der Waals surface area (Å²) in [7, 11) is 0. The topological polar surface area (TPSA) is 41.6 Å². The number of hydrogen-bond donors (Lipinski definition) is 1. The van der Waals surface area contributed by atoms with Crippen molar-refractivity contribution >= 4 is 5.96 Å². The van der Waals surface area contributed by atoms with Gasteiger partial charge in [0.05, 0.1) is 17.6 Å². The lowest BCUT2D eigenvalue weighted by Gasteiger charge is -2.40. The van der Waals surface area contributed by atoms with E-state index >= 15 is 0 Å². The van der Waals surface area contributed by atoms with Crippen LogP contribution in [0.5, 0.6) is 0 Å². The summed E-state index contributed by atoms with van der Waals surface area (Å²) in [5.74, 6) is 0.291. The van der Waals surface area contributed by atoms with Gasteiger partial charge in [0.2, 0.25) is 0 Å².